The van der Waals surface area contributed by atoms with Crippen LogP contribution in [-0.2, 0) is 14.3 Å². The second-order valence-electron chi connectivity index (χ2n) is 7.46. The molecular weight excluding hydrogens is 403 g/mol. The lowest BCUT2D eigenvalue weighted by Gasteiger charge is -2.31. The Morgan fingerprint density at radius 3 is 2.61 bits per heavy atom. The first-order valence-electron chi connectivity index (χ1n) is 10.0. The maximum absolute atomic E-state index is 13.1. The van der Waals surface area contributed by atoms with E-state index in [1.807, 2.05) is 13.0 Å². The molecule has 31 heavy (non-hydrogen) atoms. The number of likely N-dealkylation sites (tertiary alicyclic amines) is 1. The van der Waals surface area contributed by atoms with Gasteiger partial charge < -0.3 is 19.7 Å². The monoisotopic (exact) mass is 428 g/mol. The van der Waals surface area contributed by atoms with E-state index in [4.69, 9.17) is 9.47 Å². The van der Waals surface area contributed by atoms with Crippen molar-refractivity contribution in [2.45, 2.75) is 19.8 Å². The SMILES string of the molecule is COc1ccc(C)cc1NC(=O)COC(=O)C1CCCN(C(=O)c2ccc(F)cc2)C1. The standard InChI is InChI=1S/C23H25FN2O5/c1-15-5-10-20(30-2)19(12-15)25-21(27)14-31-23(29)17-4-3-11-26(13-17)22(28)16-6-8-18(24)9-7-16/h5-10,12,17H,3-4,11,13-14H2,1-2H3,(H,25,27). The summed E-state index contributed by atoms with van der Waals surface area (Å²) in [6.45, 7) is 2.16. The summed E-state index contributed by atoms with van der Waals surface area (Å²) in [5.74, 6) is -1.69. The number of halogens is 1. The minimum atomic E-state index is -0.525. The highest BCUT2D eigenvalue weighted by Crippen LogP contribution is 2.25. The lowest BCUT2D eigenvalue weighted by atomic mass is 9.97. The largest absolute Gasteiger partial charge is 0.495 e. The molecule has 1 aliphatic rings. The minimum Gasteiger partial charge on any atom is -0.495 e. The smallest absolute Gasteiger partial charge is 0.311 e. The molecule has 0 saturated carbocycles. The summed E-state index contributed by atoms with van der Waals surface area (Å²) >= 11 is 0. The van der Waals surface area contributed by atoms with Crippen LogP contribution in [0.5, 0.6) is 5.75 Å². The number of hydrogen-bond donors (Lipinski definition) is 1. The fourth-order valence-electron chi connectivity index (χ4n) is 3.49. The van der Waals surface area contributed by atoms with Crippen LogP contribution in [0.2, 0.25) is 0 Å². The zero-order valence-corrected chi connectivity index (χ0v) is 17.5. The highest BCUT2D eigenvalue weighted by Gasteiger charge is 2.30. The van der Waals surface area contributed by atoms with Gasteiger partial charge in [0.1, 0.15) is 11.6 Å². The fraction of sp³-hybridized carbons (Fsp3) is 0.348. The lowest BCUT2D eigenvalue weighted by molar-refractivity contribution is -0.152. The van der Waals surface area contributed by atoms with Gasteiger partial charge in [0.15, 0.2) is 6.61 Å². The topological polar surface area (TPSA) is 84.9 Å². The number of aryl methyl sites for hydroxylation is 1. The first-order chi connectivity index (χ1) is 14.9. The van der Waals surface area contributed by atoms with Crippen LogP contribution in [0.1, 0.15) is 28.8 Å². The number of carbonyl (C=O) groups is 3. The zero-order chi connectivity index (χ0) is 22.4. The summed E-state index contributed by atoms with van der Waals surface area (Å²) in [5, 5.41) is 2.68. The first-order valence-corrected chi connectivity index (χ1v) is 10.0. The highest BCUT2D eigenvalue weighted by atomic mass is 19.1. The molecule has 1 N–H and O–H groups in total. The van der Waals surface area contributed by atoms with Crippen molar-refractivity contribution in [1.82, 2.24) is 4.90 Å². The molecule has 1 aliphatic heterocycles. The van der Waals surface area contributed by atoms with Crippen molar-refractivity contribution in [2.75, 3.05) is 32.1 Å². The second-order valence-corrected chi connectivity index (χ2v) is 7.46. The van der Waals surface area contributed by atoms with E-state index in [1.165, 1.54) is 31.4 Å². The third-order valence-corrected chi connectivity index (χ3v) is 5.11. The number of benzene rings is 2. The summed E-state index contributed by atoms with van der Waals surface area (Å²) in [7, 11) is 1.50. The number of amides is 2. The van der Waals surface area contributed by atoms with Gasteiger partial charge in [-0.3, -0.25) is 14.4 Å². The van der Waals surface area contributed by atoms with Crippen LogP contribution in [0.4, 0.5) is 10.1 Å². The van der Waals surface area contributed by atoms with E-state index in [-0.39, 0.29) is 12.5 Å². The number of nitrogens with one attached hydrogen (secondary N) is 1. The molecule has 0 aromatic heterocycles. The number of methoxy groups -OCH3 is 1. The number of nitrogens with zero attached hydrogens (tertiary/aromatic N) is 1. The predicted octanol–water partition coefficient (Wildman–Crippen LogP) is 3.18. The van der Waals surface area contributed by atoms with Crippen molar-refractivity contribution < 1.29 is 28.2 Å². The molecule has 7 nitrogen and oxygen atoms in total. The molecule has 8 heteroatoms. The van der Waals surface area contributed by atoms with E-state index < -0.39 is 30.2 Å². The Hall–Kier alpha value is -3.42. The van der Waals surface area contributed by atoms with Gasteiger partial charge in [-0.25, -0.2) is 4.39 Å². The van der Waals surface area contributed by atoms with Gasteiger partial charge in [-0.15, -0.1) is 0 Å². The molecule has 2 aromatic rings. The van der Waals surface area contributed by atoms with Crippen LogP contribution in [0.15, 0.2) is 42.5 Å². The van der Waals surface area contributed by atoms with Crippen molar-refractivity contribution in [3.8, 4) is 5.75 Å². The van der Waals surface area contributed by atoms with Crippen molar-refractivity contribution in [3.63, 3.8) is 0 Å². The van der Waals surface area contributed by atoms with Gasteiger partial charge in [-0.1, -0.05) is 6.07 Å². The van der Waals surface area contributed by atoms with Gasteiger partial charge in [0.25, 0.3) is 11.8 Å². The number of carbonyl (C=O) groups excluding carboxylic acids is 3. The molecule has 2 amide bonds. The fourth-order valence-corrected chi connectivity index (χ4v) is 3.49. The summed E-state index contributed by atoms with van der Waals surface area (Å²) in [6, 6.07) is 10.7. The van der Waals surface area contributed by atoms with Crippen molar-refractivity contribution in [1.29, 1.82) is 0 Å². The second kappa shape index (κ2) is 10.1. The highest BCUT2D eigenvalue weighted by molar-refractivity contribution is 5.95. The molecule has 0 radical (unpaired) electrons. The van der Waals surface area contributed by atoms with Crippen LogP contribution in [-0.4, -0.2) is 49.5 Å². The summed E-state index contributed by atoms with van der Waals surface area (Å²) in [4.78, 5) is 38.9. The Kier molecular flexibility index (Phi) is 7.23. The Morgan fingerprint density at radius 2 is 1.90 bits per heavy atom. The Labute approximate surface area is 180 Å². The van der Waals surface area contributed by atoms with Crippen molar-refractivity contribution in [2.24, 2.45) is 5.92 Å². The number of hydrogen-bond acceptors (Lipinski definition) is 5. The molecule has 164 valence electrons. The van der Waals surface area contributed by atoms with Gasteiger partial charge in [0.2, 0.25) is 0 Å². The van der Waals surface area contributed by atoms with E-state index in [0.29, 0.717) is 36.4 Å². The minimum absolute atomic E-state index is 0.197. The molecule has 0 aliphatic carbocycles. The van der Waals surface area contributed by atoms with Gasteiger partial charge in [0.05, 0.1) is 18.7 Å². The number of rotatable bonds is 6. The molecule has 1 unspecified atom stereocenters. The Bertz CT molecular complexity index is 961. The number of ether oxygens (including phenoxy) is 2. The number of piperidine rings is 1. The molecule has 1 heterocycles. The molecule has 0 spiro atoms. The van der Waals surface area contributed by atoms with E-state index in [1.54, 1.807) is 17.0 Å². The van der Waals surface area contributed by atoms with E-state index in [9.17, 15) is 18.8 Å². The van der Waals surface area contributed by atoms with E-state index in [2.05, 4.69) is 5.32 Å². The third kappa shape index (κ3) is 5.81. The first kappa shape index (κ1) is 22.3. The molecule has 3 rings (SSSR count). The van der Waals surface area contributed by atoms with Crippen LogP contribution >= 0.6 is 0 Å². The lowest BCUT2D eigenvalue weighted by Crippen LogP contribution is -2.43. The van der Waals surface area contributed by atoms with E-state index >= 15 is 0 Å². The quantitative estimate of drug-likeness (QED) is 0.715. The van der Waals surface area contributed by atoms with E-state index in [0.717, 1.165) is 5.56 Å². The molecule has 0 bridgehead atoms. The average Bonchev–Trinajstić information content (AvgIpc) is 2.78. The van der Waals surface area contributed by atoms with Gasteiger partial charge >= 0.3 is 5.97 Å². The van der Waals surface area contributed by atoms with Crippen LogP contribution in [0, 0.1) is 18.7 Å². The number of anilines is 1. The Morgan fingerprint density at radius 1 is 1.16 bits per heavy atom. The van der Waals surface area contributed by atoms with Gasteiger partial charge in [-0.2, -0.15) is 0 Å². The molecule has 2 aromatic carbocycles. The zero-order valence-electron chi connectivity index (χ0n) is 17.5. The predicted molar refractivity (Wildman–Crippen MR) is 112 cm³/mol. The number of esters is 1. The summed E-state index contributed by atoms with van der Waals surface area (Å²) in [6.07, 6.45) is 1.21. The van der Waals surface area contributed by atoms with Crippen LogP contribution in [0.25, 0.3) is 0 Å². The third-order valence-electron chi connectivity index (χ3n) is 5.11. The summed E-state index contributed by atoms with van der Waals surface area (Å²) in [5.41, 5.74) is 1.81. The maximum Gasteiger partial charge on any atom is 0.311 e. The molecule has 1 saturated heterocycles. The van der Waals surface area contributed by atoms with Crippen molar-refractivity contribution in [3.05, 3.63) is 59.4 Å². The Balaban J connectivity index is 1.53. The molecule has 1 atom stereocenters. The summed E-state index contributed by atoms with van der Waals surface area (Å²) < 4.78 is 23.5. The van der Waals surface area contributed by atoms with Crippen molar-refractivity contribution >= 4 is 23.5 Å². The van der Waals surface area contributed by atoms with Gasteiger partial charge in [-0.05, 0) is 61.7 Å². The van der Waals surface area contributed by atoms with Gasteiger partial charge in [0, 0.05) is 18.7 Å². The molecule has 1 fully saturated rings. The van der Waals surface area contributed by atoms with Crippen LogP contribution in [0.3, 0.4) is 0 Å². The maximum atomic E-state index is 13.1. The molecular formula is C23H25FN2O5. The normalized spacial score (nSPS) is 15.8. The van der Waals surface area contributed by atoms with Crippen LogP contribution < -0.4 is 10.1 Å². The average molecular weight is 428 g/mol.